The van der Waals surface area contributed by atoms with Gasteiger partial charge in [0.25, 0.3) is 0 Å². The first kappa shape index (κ1) is 10.1. The molecular formula is C4H11O5P. The molecule has 6 heteroatoms. The molecule has 0 aromatic carbocycles. The van der Waals surface area contributed by atoms with E-state index in [0.29, 0.717) is 0 Å². The molecule has 0 bridgehead atoms. The minimum atomic E-state index is -4.00. The smallest absolute Gasteiger partial charge is 0.325 e. The van der Waals surface area contributed by atoms with Crippen LogP contribution in [0.25, 0.3) is 0 Å². The lowest BCUT2D eigenvalue weighted by Crippen LogP contribution is -2.13. The third-order valence-corrected chi connectivity index (χ3v) is 1.81. The van der Waals surface area contributed by atoms with Gasteiger partial charge in [-0.15, -0.1) is 0 Å². The summed E-state index contributed by atoms with van der Waals surface area (Å²) < 4.78 is 10.2. The van der Waals surface area contributed by atoms with Crippen LogP contribution in [0.2, 0.25) is 0 Å². The van der Waals surface area contributed by atoms with Gasteiger partial charge in [0.2, 0.25) is 0 Å². The van der Waals surface area contributed by atoms with Crippen LogP contribution in [0.4, 0.5) is 0 Å². The molecule has 0 saturated heterocycles. The van der Waals surface area contributed by atoms with Gasteiger partial charge < -0.3 is 20.0 Å². The molecule has 0 aromatic heterocycles. The molecule has 0 aliphatic heterocycles. The van der Waals surface area contributed by atoms with Crippen molar-refractivity contribution >= 4 is 7.60 Å². The number of aliphatic hydroxyl groups excluding tert-OH is 2. The highest BCUT2D eigenvalue weighted by Gasteiger charge is 2.14. The number of rotatable bonds is 4. The van der Waals surface area contributed by atoms with Crippen LogP contribution in [0.1, 0.15) is 6.42 Å². The van der Waals surface area contributed by atoms with Crippen molar-refractivity contribution in [2.24, 2.45) is 0 Å². The van der Waals surface area contributed by atoms with Gasteiger partial charge >= 0.3 is 7.60 Å². The van der Waals surface area contributed by atoms with Gasteiger partial charge in [0, 0.05) is 0 Å². The lowest BCUT2D eigenvalue weighted by atomic mass is 10.3. The van der Waals surface area contributed by atoms with E-state index in [1.54, 1.807) is 0 Å². The average Bonchev–Trinajstić information content (AvgIpc) is 1.81. The molecule has 5 nitrogen and oxygen atoms in total. The summed E-state index contributed by atoms with van der Waals surface area (Å²) in [5.74, 6) is 0. The average molecular weight is 170 g/mol. The molecule has 0 spiro atoms. The molecule has 4 N–H and O–H groups in total. The van der Waals surface area contributed by atoms with Crippen molar-refractivity contribution in [3.63, 3.8) is 0 Å². The Balaban J connectivity index is 3.46. The Morgan fingerprint density at radius 3 is 2.20 bits per heavy atom. The van der Waals surface area contributed by atoms with Crippen LogP contribution in [-0.2, 0) is 4.57 Å². The molecule has 0 fully saturated rings. The molecule has 0 radical (unpaired) electrons. The minimum absolute atomic E-state index is 0.0687. The maximum absolute atomic E-state index is 10.2. The molecule has 0 aliphatic rings. The predicted molar refractivity (Wildman–Crippen MR) is 34.6 cm³/mol. The molecule has 0 heterocycles. The zero-order valence-corrected chi connectivity index (χ0v) is 6.24. The molecule has 62 valence electrons. The summed E-state index contributed by atoms with van der Waals surface area (Å²) in [7, 11) is -4.00. The summed E-state index contributed by atoms with van der Waals surface area (Å²) >= 11 is 0. The highest BCUT2D eigenvalue weighted by molar-refractivity contribution is 7.51. The minimum Gasteiger partial charge on any atom is -0.394 e. The van der Waals surface area contributed by atoms with Crippen molar-refractivity contribution in [1.29, 1.82) is 0 Å². The maximum Gasteiger partial charge on any atom is 0.325 e. The van der Waals surface area contributed by atoms with E-state index in [1.807, 2.05) is 0 Å². The van der Waals surface area contributed by atoms with E-state index in [0.717, 1.165) is 0 Å². The van der Waals surface area contributed by atoms with Crippen LogP contribution in [0.5, 0.6) is 0 Å². The van der Waals surface area contributed by atoms with Gasteiger partial charge in [0.15, 0.2) is 0 Å². The molecule has 0 rings (SSSR count). The molecule has 0 aliphatic carbocycles. The fourth-order valence-electron chi connectivity index (χ4n) is 0.408. The third-order valence-electron chi connectivity index (χ3n) is 0.964. The number of hydrogen-bond acceptors (Lipinski definition) is 3. The van der Waals surface area contributed by atoms with E-state index in [1.165, 1.54) is 0 Å². The third kappa shape index (κ3) is 6.19. The van der Waals surface area contributed by atoms with Crippen molar-refractivity contribution in [3.8, 4) is 0 Å². The van der Waals surface area contributed by atoms with Gasteiger partial charge in [0.1, 0.15) is 0 Å². The summed E-state index contributed by atoms with van der Waals surface area (Å²) in [4.78, 5) is 16.6. The van der Waals surface area contributed by atoms with Crippen molar-refractivity contribution < 1.29 is 24.6 Å². The van der Waals surface area contributed by atoms with Crippen molar-refractivity contribution in [2.45, 2.75) is 12.5 Å². The molecule has 0 amide bonds. The fraction of sp³-hybridized carbons (Fsp3) is 1.00. The van der Waals surface area contributed by atoms with Gasteiger partial charge in [0.05, 0.1) is 18.9 Å². The van der Waals surface area contributed by atoms with E-state index in [-0.39, 0.29) is 12.6 Å². The second-order valence-electron chi connectivity index (χ2n) is 2.01. The van der Waals surface area contributed by atoms with Crippen LogP contribution in [0, 0.1) is 0 Å². The van der Waals surface area contributed by atoms with Gasteiger partial charge in [-0.2, -0.15) is 0 Å². The molecule has 0 unspecified atom stereocenters. The highest BCUT2D eigenvalue weighted by atomic mass is 31.2. The Labute approximate surface area is 58.5 Å². The Morgan fingerprint density at radius 1 is 1.40 bits per heavy atom. The Hall–Kier alpha value is 0.0700. The van der Waals surface area contributed by atoms with Crippen molar-refractivity contribution in [2.75, 3.05) is 12.8 Å². The zero-order chi connectivity index (χ0) is 8.20. The second-order valence-corrected chi connectivity index (χ2v) is 3.79. The van der Waals surface area contributed by atoms with E-state index in [9.17, 15) is 4.57 Å². The molecule has 0 saturated carbocycles. The first-order valence-corrected chi connectivity index (χ1v) is 4.59. The van der Waals surface area contributed by atoms with Crippen molar-refractivity contribution in [1.82, 2.24) is 0 Å². The summed E-state index contributed by atoms with van der Waals surface area (Å²) in [6.45, 7) is -0.458. The van der Waals surface area contributed by atoms with Crippen molar-refractivity contribution in [3.05, 3.63) is 0 Å². The van der Waals surface area contributed by atoms with E-state index >= 15 is 0 Å². The standard InChI is InChI=1S/C4H11O5P/c5-3-4(6)1-2-10(7,8)9/h4-6H,1-3H2,(H2,7,8,9)/t4-/m1/s1. The Kier molecular flexibility index (Phi) is 4.08. The second kappa shape index (κ2) is 4.05. The van der Waals surface area contributed by atoms with Crippen LogP contribution < -0.4 is 0 Å². The zero-order valence-electron chi connectivity index (χ0n) is 5.34. The Bertz CT molecular complexity index is 130. The largest absolute Gasteiger partial charge is 0.394 e. The monoisotopic (exact) mass is 170 g/mol. The van der Waals surface area contributed by atoms with E-state index in [2.05, 4.69) is 0 Å². The topological polar surface area (TPSA) is 98.0 Å². The van der Waals surface area contributed by atoms with E-state index < -0.39 is 20.3 Å². The van der Waals surface area contributed by atoms with Gasteiger partial charge in [-0.3, -0.25) is 4.57 Å². The Morgan fingerprint density at radius 2 is 1.90 bits per heavy atom. The van der Waals surface area contributed by atoms with Gasteiger partial charge in [-0.25, -0.2) is 0 Å². The molecule has 0 aromatic rings. The lowest BCUT2D eigenvalue weighted by Gasteiger charge is -2.06. The van der Waals surface area contributed by atoms with E-state index in [4.69, 9.17) is 20.0 Å². The van der Waals surface area contributed by atoms with Crippen LogP contribution >= 0.6 is 7.60 Å². The SMILES string of the molecule is O=P(O)(O)CC[C@@H](O)CO. The van der Waals surface area contributed by atoms with Crippen LogP contribution in [0.3, 0.4) is 0 Å². The summed E-state index contributed by atoms with van der Waals surface area (Å²) in [5, 5.41) is 16.9. The molecule has 10 heavy (non-hydrogen) atoms. The normalized spacial score (nSPS) is 15.2. The fourth-order valence-corrected chi connectivity index (χ4v) is 1.04. The molecule has 1 atom stereocenters. The predicted octanol–water partition coefficient (Wildman–Crippen LogP) is -1.09. The number of hydrogen-bond donors (Lipinski definition) is 4. The number of aliphatic hydroxyl groups is 2. The summed E-state index contributed by atoms with van der Waals surface area (Å²) in [6, 6.07) is 0. The first-order chi connectivity index (χ1) is 4.45. The first-order valence-electron chi connectivity index (χ1n) is 2.79. The quantitative estimate of drug-likeness (QED) is 0.402. The summed E-state index contributed by atoms with van der Waals surface area (Å²) in [6.07, 6.45) is -1.47. The maximum atomic E-state index is 10.2. The summed E-state index contributed by atoms with van der Waals surface area (Å²) in [5.41, 5.74) is 0. The van der Waals surface area contributed by atoms with Crippen LogP contribution in [-0.4, -0.2) is 38.9 Å². The van der Waals surface area contributed by atoms with Crippen LogP contribution in [0.15, 0.2) is 0 Å². The van der Waals surface area contributed by atoms with Gasteiger partial charge in [-0.05, 0) is 6.42 Å². The highest BCUT2D eigenvalue weighted by Crippen LogP contribution is 2.35. The lowest BCUT2D eigenvalue weighted by molar-refractivity contribution is 0.0918. The van der Waals surface area contributed by atoms with Gasteiger partial charge in [-0.1, -0.05) is 0 Å². The molecular weight excluding hydrogens is 159 g/mol.